The van der Waals surface area contributed by atoms with E-state index < -0.39 is 0 Å². The van der Waals surface area contributed by atoms with Crippen molar-refractivity contribution in [3.63, 3.8) is 0 Å². The molecule has 0 spiro atoms. The van der Waals surface area contributed by atoms with E-state index in [0.29, 0.717) is 15.6 Å². The van der Waals surface area contributed by atoms with Crippen LogP contribution in [0.3, 0.4) is 0 Å². The molecule has 26 heavy (non-hydrogen) atoms. The molecule has 0 atom stereocenters. The molecule has 0 aromatic heterocycles. The molecule has 0 aliphatic heterocycles. The van der Waals surface area contributed by atoms with Gasteiger partial charge in [-0.25, -0.2) is 0 Å². The minimum Gasteiger partial charge on any atom is -0.332 e. The first kappa shape index (κ1) is 18.4. The zero-order valence-corrected chi connectivity index (χ0v) is 15.8. The van der Waals surface area contributed by atoms with Crippen LogP contribution in [0.2, 0.25) is 10.0 Å². The van der Waals surface area contributed by atoms with Gasteiger partial charge in [-0.1, -0.05) is 53.5 Å². The smallest absolute Gasteiger partial charge is 0.257 e. The number of rotatable bonds is 3. The number of carbonyl (C=O) groups is 1. The van der Waals surface area contributed by atoms with Gasteiger partial charge in [0, 0.05) is 21.3 Å². The molecule has 0 fully saturated rings. The Balaban J connectivity index is 1.62. The average Bonchev–Trinajstić information content (AvgIpc) is 2.63. The van der Waals surface area contributed by atoms with Crippen LogP contribution in [0.4, 0.5) is 5.69 Å². The van der Waals surface area contributed by atoms with Crippen LogP contribution in [-0.2, 0) is 0 Å². The number of nitrogens with one attached hydrogen (secondary N) is 2. The van der Waals surface area contributed by atoms with Crippen LogP contribution in [0.15, 0.2) is 72.8 Å². The molecular weight excluding hydrogens is 387 g/mol. The summed E-state index contributed by atoms with van der Waals surface area (Å²) in [4.78, 5) is 12.2. The highest BCUT2D eigenvalue weighted by Crippen LogP contribution is 2.23. The van der Waals surface area contributed by atoms with E-state index in [1.165, 1.54) is 0 Å². The van der Waals surface area contributed by atoms with Gasteiger partial charge in [-0.05, 0) is 65.8 Å². The van der Waals surface area contributed by atoms with Gasteiger partial charge in [-0.3, -0.25) is 10.1 Å². The van der Waals surface area contributed by atoms with Crippen molar-refractivity contribution in [1.82, 2.24) is 5.32 Å². The molecule has 0 saturated heterocycles. The number of hydrogen-bond donors (Lipinski definition) is 2. The summed E-state index contributed by atoms with van der Waals surface area (Å²) in [6.07, 6.45) is 0. The van der Waals surface area contributed by atoms with Crippen LogP contribution in [0.1, 0.15) is 10.4 Å². The predicted octanol–water partition coefficient (Wildman–Crippen LogP) is 5.79. The van der Waals surface area contributed by atoms with E-state index in [2.05, 4.69) is 10.6 Å². The van der Waals surface area contributed by atoms with Crippen molar-refractivity contribution in [3.8, 4) is 11.1 Å². The van der Waals surface area contributed by atoms with E-state index in [-0.39, 0.29) is 11.0 Å². The molecule has 1 amide bonds. The summed E-state index contributed by atoms with van der Waals surface area (Å²) in [5.41, 5.74) is 3.35. The van der Waals surface area contributed by atoms with E-state index in [4.69, 9.17) is 35.4 Å². The highest BCUT2D eigenvalue weighted by Gasteiger charge is 2.08. The Kier molecular flexibility index (Phi) is 5.89. The van der Waals surface area contributed by atoms with Gasteiger partial charge in [-0.15, -0.1) is 0 Å². The Bertz CT molecular complexity index is 941. The maximum Gasteiger partial charge on any atom is 0.257 e. The molecule has 0 unspecified atom stereocenters. The first-order valence-electron chi connectivity index (χ1n) is 7.75. The first-order chi connectivity index (χ1) is 12.5. The van der Waals surface area contributed by atoms with Crippen molar-refractivity contribution in [3.05, 3.63) is 88.4 Å². The van der Waals surface area contributed by atoms with Crippen LogP contribution >= 0.6 is 35.4 Å². The van der Waals surface area contributed by atoms with Crippen LogP contribution < -0.4 is 10.6 Å². The third kappa shape index (κ3) is 4.82. The lowest BCUT2D eigenvalue weighted by molar-refractivity contribution is 0.0977. The second-order valence-corrected chi connectivity index (χ2v) is 6.78. The van der Waals surface area contributed by atoms with Gasteiger partial charge in [0.05, 0.1) is 0 Å². The van der Waals surface area contributed by atoms with E-state index in [0.717, 1.165) is 16.8 Å². The number of anilines is 1. The van der Waals surface area contributed by atoms with E-state index >= 15 is 0 Å². The number of halogens is 2. The molecule has 0 heterocycles. The molecule has 3 rings (SSSR count). The van der Waals surface area contributed by atoms with Crippen LogP contribution in [-0.4, -0.2) is 11.0 Å². The first-order valence-corrected chi connectivity index (χ1v) is 8.91. The van der Waals surface area contributed by atoms with E-state index in [9.17, 15) is 4.79 Å². The minimum atomic E-state index is -0.317. The maximum absolute atomic E-state index is 12.2. The number of hydrogen-bond acceptors (Lipinski definition) is 2. The number of thiocarbonyl (C=S) groups is 1. The topological polar surface area (TPSA) is 41.1 Å². The van der Waals surface area contributed by atoms with Gasteiger partial charge < -0.3 is 5.32 Å². The largest absolute Gasteiger partial charge is 0.332 e. The highest BCUT2D eigenvalue weighted by molar-refractivity contribution is 7.80. The SMILES string of the molecule is O=C(NC(=S)Nc1ccc(-c2ccc(Cl)cc2)cc1)c1cccc(Cl)c1. The van der Waals surface area contributed by atoms with E-state index in [1.807, 2.05) is 48.5 Å². The van der Waals surface area contributed by atoms with Gasteiger partial charge in [0.15, 0.2) is 5.11 Å². The molecule has 0 saturated carbocycles. The molecule has 6 heteroatoms. The van der Waals surface area contributed by atoms with Gasteiger partial charge >= 0.3 is 0 Å². The third-order valence-electron chi connectivity index (χ3n) is 3.63. The lowest BCUT2D eigenvalue weighted by atomic mass is 10.1. The third-order valence-corrected chi connectivity index (χ3v) is 4.33. The highest BCUT2D eigenvalue weighted by atomic mass is 35.5. The molecule has 3 aromatic carbocycles. The molecule has 2 N–H and O–H groups in total. The Morgan fingerprint density at radius 2 is 1.42 bits per heavy atom. The summed E-state index contributed by atoms with van der Waals surface area (Å²) < 4.78 is 0. The normalized spacial score (nSPS) is 10.2. The van der Waals surface area contributed by atoms with Crippen molar-refractivity contribution >= 4 is 52.1 Å². The Morgan fingerprint density at radius 3 is 2.04 bits per heavy atom. The van der Waals surface area contributed by atoms with Crippen LogP contribution in [0, 0.1) is 0 Å². The Hall–Kier alpha value is -2.40. The second-order valence-electron chi connectivity index (χ2n) is 5.50. The molecule has 0 aliphatic carbocycles. The predicted molar refractivity (Wildman–Crippen MR) is 112 cm³/mol. The standard InChI is InChI=1S/C20H14Cl2N2OS/c21-16-8-4-13(5-9-16)14-6-10-18(11-7-14)23-20(26)24-19(25)15-2-1-3-17(22)12-15/h1-12H,(H2,23,24,25,26). The van der Waals surface area contributed by atoms with Gasteiger partial charge in [0.1, 0.15) is 0 Å². The summed E-state index contributed by atoms with van der Waals surface area (Å²) in [6, 6.07) is 22.0. The number of benzene rings is 3. The Labute approximate surface area is 167 Å². The lowest BCUT2D eigenvalue weighted by Crippen LogP contribution is -2.34. The molecular formula is C20H14Cl2N2OS. The van der Waals surface area contributed by atoms with Crippen molar-refractivity contribution in [2.45, 2.75) is 0 Å². The van der Waals surface area contributed by atoms with Gasteiger partial charge in [-0.2, -0.15) is 0 Å². The van der Waals surface area contributed by atoms with Gasteiger partial charge in [0.25, 0.3) is 5.91 Å². The quantitative estimate of drug-likeness (QED) is 0.546. The summed E-state index contributed by atoms with van der Waals surface area (Å²) in [5.74, 6) is -0.317. The fourth-order valence-corrected chi connectivity index (χ4v) is 2.88. The molecule has 0 bridgehead atoms. The zero-order chi connectivity index (χ0) is 18.5. The fourth-order valence-electron chi connectivity index (χ4n) is 2.36. The van der Waals surface area contributed by atoms with E-state index in [1.54, 1.807) is 24.3 Å². The molecule has 0 radical (unpaired) electrons. The summed E-state index contributed by atoms with van der Waals surface area (Å²) in [5, 5.41) is 7.04. The fraction of sp³-hybridized carbons (Fsp3) is 0. The average molecular weight is 401 g/mol. The minimum absolute atomic E-state index is 0.217. The number of amides is 1. The van der Waals surface area contributed by atoms with Gasteiger partial charge in [0.2, 0.25) is 0 Å². The van der Waals surface area contributed by atoms with Crippen LogP contribution in [0.5, 0.6) is 0 Å². The number of carbonyl (C=O) groups excluding carboxylic acids is 1. The van der Waals surface area contributed by atoms with Crippen molar-refractivity contribution < 1.29 is 4.79 Å². The maximum atomic E-state index is 12.2. The summed E-state index contributed by atoms with van der Waals surface area (Å²) in [6.45, 7) is 0. The second kappa shape index (κ2) is 8.32. The Morgan fingerprint density at radius 1 is 0.808 bits per heavy atom. The summed E-state index contributed by atoms with van der Waals surface area (Å²) >= 11 is 17.0. The summed E-state index contributed by atoms with van der Waals surface area (Å²) in [7, 11) is 0. The van der Waals surface area contributed by atoms with Crippen LogP contribution in [0.25, 0.3) is 11.1 Å². The zero-order valence-electron chi connectivity index (χ0n) is 13.5. The molecule has 0 aliphatic rings. The van der Waals surface area contributed by atoms with Crippen molar-refractivity contribution in [1.29, 1.82) is 0 Å². The lowest BCUT2D eigenvalue weighted by Gasteiger charge is -2.10. The van der Waals surface area contributed by atoms with Crippen molar-refractivity contribution in [2.24, 2.45) is 0 Å². The molecule has 130 valence electrons. The molecule has 3 aromatic rings. The monoisotopic (exact) mass is 400 g/mol. The molecule has 3 nitrogen and oxygen atoms in total. The van der Waals surface area contributed by atoms with Crippen molar-refractivity contribution in [2.75, 3.05) is 5.32 Å².